The van der Waals surface area contributed by atoms with E-state index in [1.165, 1.54) is 43.9 Å². The molecule has 0 spiro atoms. The summed E-state index contributed by atoms with van der Waals surface area (Å²) in [5.41, 5.74) is 0.889. The Morgan fingerprint density at radius 2 is 2.08 bits per heavy atom. The lowest BCUT2D eigenvalue weighted by atomic mass is 9.87. The highest BCUT2D eigenvalue weighted by atomic mass is 16.6. The van der Waals surface area contributed by atoms with Gasteiger partial charge in [-0.1, -0.05) is 19.3 Å². The standard InChI is InChI=1S/C18H21N3O3/c22-17-8-9-21-11-15(24-18(21)20-17)12-23-14-6-7-16(19-10-14)13-4-2-1-3-5-13/h6-10,13,15H,1-5,11-12H2. The van der Waals surface area contributed by atoms with E-state index >= 15 is 0 Å². The lowest BCUT2D eigenvalue weighted by molar-refractivity contribution is 0.143. The molecular weight excluding hydrogens is 306 g/mol. The third-order valence-corrected chi connectivity index (χ3v) is 4.74. The summed E-state index contributed by atoms with van der Waals surface area (Å²) in [6, 6.07) is 5.86. The molecule has 2 aliphatic rings. The van der Waals surface area contributed by atoms with E-state index in [1.807, 2.05) is 10.6 Å². The van der Waals surface area contributed by atoms with E-state index < -0.39 is 0 Å². The number of nitrogens with zero attached hydrogens (tertiary/aromatic N) is 3. The summed E-state index contributed by atoms with van der Waals surface area (Å²) in [5, 5.41) is 0. The molecule has 1 fully saturated rings. The first-order chi connectivity index (χ1) is 11.8. The van der Waals surface area contributed by atoms with Gasteiger partial charge in [-0.25, -0.2) is 0 Å². The van der Waals surface area contributed by atoms with Gasteiger partial charge >= 0.3 is 0 Å². The largest absolute Gasteiger partial charge is 0.488 e. The van der Waals surface area contributed by atoms with Crippen molar-refractivity contribution < 1.29 is 9.47 Å². The van der Waals surface area contributed by atoms with Crippen LogP contribution in [-0.2, 0) is 6.54 Å². The number of hydrogen-bond acceptors (Lipinski definition) is 5. The van der Waals surface area contributed by atoms with Crippen molar-refractivity contribution in [1.29, 1.82) is 0 Å². The number of fused-ring (bicyclic) bond motifs is 1. The molecule has 0 bridgehead atoms. The average molecular weight is 327 g/mol. The summed E-state index contributed by atoms with van der Waals surface area (Å²) in [5.74, 6) is 1.35. The van der Waals surface area contributed by atoms with Crippen LogP contribution in [0.3, 0.4) is 0 Å². The Kier molecular flexibility index (Phi) is 4.19. The van der Waals surface area contributed by atoms with E-state index in [2.05, 4.69) is 16.0 Å². The van der Waals surface area contributed by atoms with Crippen molar-refractivity contribution >= 4 is 0 Å². The molecule has 0 radical (unpaired) electrons. The van der Waals surface area contributed by atoms with Gasteiger partial charge in [0.25, 0.3) is 11.6 Å². The molecule has 2 aromatic heterocycles. The quantitative estimate of drug-likeness (QED) is 0.863. The molecule has 4 rings (SSSR count). The summed E-state index contributed by atoms with van der Waals surface area (Å²) in [4.78, 5) is 19.6. The van der Waals surface area contributed by atoms with Gasteiger partial charge in [0.2, 0.25) is 0 Å². The van der Waals surface area contributed by atoms with Crippen LogP contribution in [0.5, 0.6) is 11.8 Å². The number of ether oxygens (including phenoxy) is 2. The summed E-state index contributed by atoms with van der Waals surface area (Å²) in [7, 11) is 0. The highest BCUT2D eigenvalue weighted by molar-refractivity contribution is 5.22. The summed E-state index contributed by atoms with van der Waals surface area (Å²) >= 11 is 0. The van der Waals surface area contributed by atoms with Crippen molar-refractivity contribution in [3.63, 3.8) is 0 Å². The first-order valence-electron chi connectivity index (χ1n) is 8.61. The topological polar surface area (TPSA) is 66.2 Å². The minimum Gasteiger partial charge on any atom is -0.488 e. The maximum atomic E-state index is 11.2. The zero-order valence-electron chi connectivity index (χ0n) is 13.6. The van der Waals surface area contributed by atoms with Crippen molar-refractivity contribution in [3.05, 3.63) is 46.6 Å². The second kappa shape index (κ2) is 6.63. The predicted octanol–water partition coefficient (Wildman–Crippen LogP) is 2.53. The number of aromatic nitrogens is 3. The van der Waals surface area contributed by atoms with Gasteiger partial charge in [-0.3, -0.25) is 14.3 Å². The number of hydrogen-bond donors (Lipinski definition) is 0. The highest BCUT2D eigenvalue weighted by Gasteiger charge is 2.24. The summed E-state index contributed by atoms with van der Waals surface area (Å²) in [6.45, 7) is 1.04. The molecule has 0 N–H and O–H groups in total. The predicted molar refractivity (Wildman–Crippen MR) is 88.5 cm³/mol. The van der Waals surface area contributed by atoms with Crippen molar-refractivity contribution in [3.8, 4) is 11.8 Å². The monoisotopic (exact) mass is 327 g/mol. The van der Waals surface area contributed by atoms with Gasteiger partial charge in [-0.2, -0.15) is 4.98 Å². The van der Waals surface area contributed by atoms with Crippen LogP contribution in [0.2, 0.25) is 0 Å². The highest BCUT2D eigenvalue weighted by Crippen LogP contribution is 2.31. The first kappa shape index (κ1) is 15.2. The molecule has 0 saturated heterocycles. The second-order valence-electron chi connectivity index (χ2n) is 6.51. The molecule has 126 valence electrons. The van der Waals surface area contributed by atoms with E-state index in [0.29, 0.717) is 25.1 Å². The van der Waals surface area contributed by atoms with E-state index in [0.717, 1.165) is 5.75 Å². The summed E-state index contributed by atoms with van der Waals surface area (Å²) < 4.78 is 13.2. The Labute approximate surface area is 140 Å². The van der Waals surface area contributed by atoms with Crippen LogP contribution in [0.25, 0.3) is 0 Å². The zero-order valence-corrected chi connectivity index (χ0v) is 13.6. The molecule has 1 aliphatic heterocycles. The molecule has 1 unspecified atom stereocenters. The molecular formula is C18H21N3O3. The Bertz CT molecular complexity index is 751. The van der Waals surface area contributed by atoms with Crippen LogP contribution in [0.15, 0.2) is 35.4 Å². The summed E-state index contributed by atoms with van der Waals surface area (Å²) in [6.07, 6.45) is 9.81. The molecule has 1 aliphatic carbocycles. The molecule has 2 aromatic rings. The normalized spacial score (nSPS) is 20.4. The van der Waals surface area contributed by atoms with Crippen molar-refractivity contribution in [2.45, 2.75) is 50.7 Å². The molecule has 1 saturated carbocycles. The molecule has 1 atom stereocenters. The molecule has 0 aromatic carbocycles. The van der Waals surface area contributed by atoms with E-state index in [9.17, 15) is 4.79 Å². The van der Waals surface area contributed by atoms with Gasteiger partial charge in [0, 0.05) is 23.9 Å². The van der Waals surface area contributed by atoms with Crippen molar-refractivity contribution in [1.82, 2.24) is 14.5 Å². The van der Waals surface area contributed by atoms with Crippen LogP contribution in [0.1, 0.15) is 43.7 Å². The Morgan fingerprint density at radius 3 is 2.88 bits per heavy atom. The van der Waals surface area contributed by atoms with E-state index in [-0.39, 0.29) is 11.7 Å². The maximum absolute atomic E-state index is 11.2. The Balaban J connectivity index is 1.33. The SMILES string of the molecule is O=c1ccn2c(n1)OC(COc1ccc(C3CCCCC3)nc1)C2. The smallest absolute Gasteiger partial charge is 0.300 e. The zero-order chi connectivity index (χ0) is 16.4. The van der Waals surface area contributed by atoms with Crippen LogP contribution in [-0.4, -0.2) is 27.2 Å². The van der Waals surface area contributed by atoms with Gasteiger partial charge in [0.1, 0.15) is 12.4 Å². The minimum atomic E-state index is -0.287. The van der Waals surface area contributed by atoms with Gasteiger partial charge in [-0.15, -0.1) is 0 Å². The fourth-order valence-corrected chi connectivity index (χ4v) is 3.44. The molecule has 6 nitrogen and oxygen atoms in total. The van der Waals surface area contributed by atoms with Gasteiger partial charge in [-0.05, 0) is 25.0 Å². The fraction of sp³-hybridized carbons (Fsp3) is 0.500. The maximum Gasteiger partial charge on any atom is 0.300 e. The fourth-order valence-electron chi connectivity index (χ4n) is 3.44. The van der Waals surface area contributed by atoms with Crippen LogP contribution >= 0.6 is 0 Å². The van der Waals surface area contributed by atoms with Crippen molar-refractivity contribution in [2.75, 3.05) is 6.61 Å². The minimum absolute atomic E-state index is 0.141. The average Bonchev–Trinajstić information content (AvgIpc) is 3.03. The van der Waals surface area contributed by atoms with E-state index in [1.54, 1.807) is 12.4 Å². The van der Waals surface area contributed by atoms with Gasteiger partial charge in [0.15, 0.2) is 6.10 Å². The number of pyridine rings is 1. The van der Waals surface area contributed by atoms with Crippen molar-refractivity contribution in [2.24, 2.45) is 0 Å². The molecule has 6 heteroatoms. The lowest BCUT2D eigenvalue weighted by Gasteiger charge is -2.21. The molecule has 3 heterocycles. The Hall–Kier alpha value is -2.37. The van der Waals surface area contributed by atoms with Gasteiger partial charge in [0.05, 0.1) is 12.7 Å². The van der Waals surface area contributed by atoms with Gasteiger partial charge < -0.3 is 9.47 Å². The third-order valence-electron chi connectivity index (χ3n) is 4.74. The van der Waals surface area contributed by atoms with Crippen LogP contribution < -0.4 is 15.0 Å². The third kappa shape index (κ3) is 3.27. The van der Waals surface area contributed by atoms with Crippen LogP contribution in [0.4, 0.5) is 0 Å². The lowest BCUT2D eigenvalue weighted by Crippen LogP contribution is -2.23. The van der Waals surface area contributed by atoms with Crippen LogP contribution in [0, 0.1) is 0 Å². The number of rotatable bonds is 4. The second-order valence-corrected chi connectivity index (χ2v) is 6.51. The van der Waals surface area contributed by atoms with E-state index in [4.69, 9.17) is 9.47 Å². The molecule has 0 amide bonds. The molecule has 24 heavy (non-hydrogen) atoms. The first-order valence-corrected chi connectivity index (χ1v) is 8.61. The Morgan fingerprint density at radius 1 is 1.21 bits per heavy atom.